The number of carbonyl (C=O) groups is 2. The topological polar surface area (TPSA) is 100 Å². The first kappa shape index (κ1) is 23.4. The van der Waals surface area contributed by atoms with Crippen molar-refractivity contribution in [1.29, 1.82) is 5.26 Å². The Hall–Kier alpha value is -4.28. The average molecular weight is 462 g/mol. The van der Waals surface area contributed by atoms with E-state index in [1.165, 1.54) is 13.2 Å². The molecule has 3 aromatic carbocycles. The van der Waals surface area contributed by atoms with Crippen LogP contribution in [-0.2, 0) is 9.59 Å². The minimum Gasteiger partial charge on any atom is -0.495 e. The molecule has 0 saturated carbocycles. The van der Waals surface area contributed by atoms with Gasteiger partial charge in [-0.05, 0) is 48.0 Å². The standard InChI is InChI=1S/C25H20ClN3O4/c1-32-23-12-5-4-11-22(23)28-24(30)16-33-19-8-6-7-17(14-19)13-18(15-27)25(31)29-21-10-3-2-9-20(21)26/h2-14H,16H2,1H3,(H,28,30)(H,29,31)/b18-13+. The van der Waals surface area contributed by atoms with Crippen molar-refractivity contribution in [2.45, 2.75) is 0 Å². The van der Waals surface area contributed by atoms with Crippen LogP contribution in [0.25, 0.3) is 6.08 Å². The number of anilines is 2. The second-order valence-corrected chi connectivity index (χ2v) is 7.12. The third-order valence-corrected chi connectivity index (χ3v) is 4.74. The monoisotopic (exact) mass is 461 g/mol. The molecule has 3 rings (SSSR count). The number of halogens is 1. The molecule has 33 heavy (non-hydrogen) atoms. The second-order valence-electron chi connectivity index (χ2n) is 6.71. The molecule has 0 unspecified atom stereocenters. The SMILES string of the molecule is COc1ccccc1NC(=O)COc1cccc(/C=C(\C#N)C(=O)Nc2ccccc2Cl)c1. The fourth-order valence-corrected chi connectivity index (χ4v) is 3.03. The molecule has 0 bridgehead atoms. The van der Waals surface area contributed by atoms with E-state index in [0.29, 0.717) is 33.5 Å². The van der Waals surface area contributed by atoms with Gasteiger partial charge in [0, 0.05) is 0 Å². The summed E-state index contributed by atoms with van der Waals surface area (Å²) in [7, 11) is 1.52. The van der Waals surface area contributed by atoms with E-state index in [-0.39, 0.29) is 18.1 Å². The summed E-state index contributed by atoms with van der Waals surface area (Å²) in [5, 5.41) is 15.1. The number of para-hydroxylation sites is 3. The number of carbonyl (C=O) groups excluding carboxylic acids is 2. The molecule has 0 atom stereocenters. The Morgan fingerprint density at radius 3 is 2.45 bits per heavy atom. The molecule has 3 aromatic rings. The van der Waals surface area contributed by atoms with Gasteiger partial charge in [0.15, 0.2) is 6.61 Å². The summed E-state index contributed by atoms with van der Waals surface area (Å²) >= 11 is 6.05. The summed E-state index contributed by atoms with van der Waals surface area (Å²) in [5.41, 5.74) is 1.39. The summed E-state index contributed by atoms with van der Waals surface area (Å²) in [5.74, 6) is -0.00908. The third-order valence-electron chi connectivity index (χ3n) is 4.41. The molecule has 166 valence electrons. The highest BCUT2D eigenvalue weighted by atomic mass is 35.5. The van der Waals surface area contributed by atoms with E-state index in [0.717, 1.165) is 0 Å². The molecule has 2 N–H and O–H groups in total. The van der Waals surface area contributed by atoms with Gasteiger partial charge in [-0.25, -0.2) is 0 Å². The Balaban J connectivity index is 1.65. The maximum Gasteiger partial charge on any atom is 0.266 e. The van der Waals surface area contributed by atoms with Crippen LogP contribution in [0.1, 0.15) is 5.56 Å². The van der Waals surface area contributed by atoms with Crippen molar-refractivity contribution in [1.82, 2.24) is 0 Å². The average Bonchev–Trinajstić information content (AvgIpc) is 2.83. The summed E-state index contributed by atoms with van der Waals surface area (Å²) in [6.45, 7) is -0.233. The number of nitriles is 1. The van der Waals surface area contributed by atoms with Crippen LogP contribution < -0.4 is 20.1 Å². The van der Waals surface area contributed by atoms with E-state index < -0.39 is 5.91 Å². The predicted octanol–water partition coefficient (Wildman–Crippen LogP) is 4.91. The summed E-state index contributed by atoms with van der Waals surface area (Å²) in [6, 6.07) is 22.4. The summed E-state index contributed by atoms with van der Waals surface area (Å²) < 4.78 is 10.8. The first-order valence-electron chi connectivity index (χ1n) is 9.83. The molecule has 0 aromatic heterocycles. The lowest BCUT2D eigenvalue weighted by Gasteiger charge is -2.11. The van der Waals surface area contributed by atoms with Gasteiger partial charge >= 0.3 is 0 Å². The Morgan fingerprint density at radius 2 is 1.73 bits per heavy atom. The number of nitrogens with zero attached hydrogens (tertiary/aromatic N) is 1. The number of nitrogens with one attached hydrogen (secondary N) is 2. The van der Waals surface area contributed by atoms with Gasteiger partial charge in [-0.1, -0.05) is 48.0 Å². The quantitative estimate of drug-likeness (QED) is 0.366. The molecular formula is C25H20ClN3O4. The van der Waals surface area contributed by atoms with Crippen molar-refractivity contribution < 1.29 is 19.1 Å². The van der Waals surface area contributed by atoms with Crippen LogP contribution in [0.2, 0.25) is 5.02 Å². The lowest BCUT2D eigenvalue weighted by atomic mass is 10.1. The molecule has 0 heterocycles. The van der Waals surface area contributed by atoms with E-state index in [1.54, 1.807) is 72.8 Å². The molecular weight excluding hydrogens is 442 g/mol. The molecule has 0 fully saturated rings. The Kier molecular flexibility index (Phi) is 8.06. The molecule has 0 aliphatic rings. The number of amides is 2. The number of hydrogen-bond donors (Lipinski definition) is 2. The van der Waals surface area contributed by atoms with E-state index in [4.69, 9.17) is 21.1 Å². The van der Waals surface area contributed by atoms with Crippen LogP contribution in [0.3, 0.4) is 0 Å². The van der Waals surface area contributed by atoms with Crippen molar-refractivity contribution in [3.05, 3.63) is 89.0 Å². The summed E-state index contributed by atoms with van der Waals surface area (Å²) in [6.07, 6.45) is 1.42. The number of ether oxygens (including phenoxy) is 2. The van der Waals surface area contributed by atoms with Crippen molar-refractivity contribution in [2.75, 3.05) is 24.4 Å². The highest BCUT2D eigenvalue weighted by Gasteiger charge is 2.12. The van der Waals surface area contributed by atoms with Crippen LogP contribution in [-0.4, -0.2) is 25.5 Å². The molecule has 0 saturated heterocycles. The highest BCUT2D eigenvalue weighted by molar-refractivity contribution is 6.34. The molecule has 0 spiro atoms. The van der Waals surface area contributed by atoms with Gasteiger partial charge in [0.25, 0.3) is 11.8 Å². The van der Waals surface area contributed by atoms with Crippen molar-refractivity contribution >= 4 is 40.9 Å². The predicted molar refractivity (Wildman–Crippen MR) is 127 cm³/mol. The van der Waals surface area contributed by atoms with Crippen molar-refractivity contribution in [2.24, 2.45) is 0 Å². The fourth-order valence-electron chi connectivity index (χ4n) is 2.84. The number of methoxy groups -OCH3 is 1. The lowest BCUT2D eigenvalue weighted by molar-refractivity contribution is -0.118. The van der Waals surface area contributed by atoms with Gasteiger partial charge in [0.2, 0.25) is 0 Å². The van der Waals surface area contributed by atoms with Crippen LogP contribution in [0.4, 0.5) is 11.4 Å². The Labute approximate surface area is 196 Å². The zero-order valence-electron chi connectivity index (χ0n) is 17.7. The van der Waals surface area contributed by atoms with E-state index in [1.807, 2.05) is 6.07 Å². The lowest BCUT2D eigenvalue weighted by Crippen LogP contribution is -2.20. The smallest absolute Gasteiger partial charge is 0.266 e. The van der Waals surface area contributed by atoms with Gasteiger partial charge in [-0.2, -0.15) is 5.26 Å². The Bertz CT molecular complexity index is 1230. The zero-order valence-corrected chi connectivity index (χ0v) is 18.4. The minimum absolute atomic E-state index is 0.110. The van der Waals surface area contributed by atoms with Gasteiger partial charge < -0.3 is 20.1 Å². The highest BCUT2D eigenvalue weighted by Crippen LogP contribution is 2.24. The van der Waals surface area contributed by atoms with E-state index in [9.17, 15) is 14.9 Å². The van der Waals surface area contributed by atoms with Crippen molar-refractivity contribution in [3.63, 3.8) is 0 Å². The van der Waals surface area contributed by atoms with Gasteiger partial charge in [0.1, 0.15) is 23.1 Å². The first-order valence-corrected chi connectivity index (χ1v) is 10.2. The largest absolute Gasteiger partial charge is 0.495 e. The zero-order chi connectivity index (χ0) is 23.6. The van der Waals surface area contributed by atoms with Crippen LogP contribution in [0.15, 0.2) is 78.4 Å². The van der Waals surface area contributed by atoms with E-state index in [2.05, 4.69) is 10.6 Å². The maximum absolute atomic E-state index is 12.5. The molecule has 0 aliphatic heterocycles. The van der Waals surface area contributed by atoms with Crippen LogP contribution in [0, 0.1) is 11.3 Å². The van der Waals surface area contributed by atoms with Gasteiger partial charge in [-0.15, -0.1) is 0 Å². The number of benzene rings is 3. The second kappa shape index (κ2) is 11.4. The van der Waals surface area contributed by atoms with Gasteiger partial charge in [0.05, 0.1) is 23.5 Å². The number of rotatable bonds is 8. The maximum atomic E-state index is 12.5. The molecule has 2 amide bonds. The van der Waals surface area contributed by atoms with Gasteiger partial charge in [-0.3, -0.25) is 9.59 Å². The summed E-state index contributed by atoms with van der Waals surface area (Å²) in [4.78, 5) is 24.7. The molecule has 0 radical (unpaired) electrons. The Morgan fingerprint density at radius 1 is 1.00 bits per heavy atom. The fraction of sp³-hybridized carbons (Fsp3) is 0.0800. The molecule has 7 nitrogen and oxygen atoms in total. The van der Waals surface area contributed by atoms with Crippen molar-refractivity contribution in [3.8, 4) is 17.6 Å². The first-order chi connectivity index (χ1) is 16.0. The van der Waals surface area contributed by atoms with Crippen LogP contribution >= 0.6 is 11.6 Å². The molecule has 0 aliphatic carbocycles. The van der Waals surface area contributed by atoms with Crippen LogP contribution in [0.5, 0.6) is 11.5 Å². The number of hydrogen-bond acceptors (Lipinski definition) is 5. The minimum atomic E-state index is -0.590. The molecule has 8 heteroatoms. The normalized spacial score (nSPS) is 10.6. The van der Waals surface area contributed by atoms with E-state index >= 15 is 0 Å². The third kappa shape index (κ3) is 6.60.